The summed E-state index contributed by atoms with van der Waals surface area (Å²) < 4.78 is 2.39. The molecule has 0 unspecified atom stereocenters. The summed E-state index contributed by atoms with van der Waals surface area (Å²) in [6.45, 7) is 0. The highest BCUT2D eigenvalue weighted by Crippen LogP contribution is 2.39. The van der Waals surface area contributed by atoms with Gasteiger partial charge in [-0.3, -0.25) is 0 Å². The van der Waals surface area contributed by atoms with Crippen LogP contribution in [0.25, 0.3) is 72.0 Å². The van der Waals surface area contributed by atoms with Crippen LogP contribution in [0.1, 0.15) is 0 Å². The summed E-state index contributed by atoms with van der Waals surface area (Å²) in [4.78, 5) is 2.34. The van der Waals surface area contributed by atoms with Crippen LogP contribution in [0.2, 0.25) is 0 Å². The lowest BCUT2D eigenvalue weighted by molar-refractivity contribution is 1.18. The van der Waals surface area contributed by atoms with Gasteiger partial charge in [0.15, 0.2) is 0 Å². The number of benzene rings is 9. The molecule has 0 spiro atoms. The first-order valence-corrected chi connectivity index (χ1v) is 19.2. The van der Waals surface area contributed by atoms with Crippen molar-refractivity contribution in [2.75, 3.05) is 4.90 Å². The lowest BCUT2D eigenvalue weighted by Gasteiger charge is -2.26. The van der Waals surface area contributed by atoms with E-state index >= 15 is 0 Å². The normalized spacial score (nSPS) is 11.2. The highest BCUT2D eigenvalue weighted by atomic mass is 15.1. The van der Waals surface area contributed by atoms with Crippen molar-refractivity contribution < 1.29 is 0 Å². The van der Waals surface area contributed by atoms with Gasteiger partial charge in [-0.15, -0.1) is 0 Å². The van der Waals surface area contributed by atoms with Gasteiger partial charge >= 0.3 is 0 Å². The molecular weight excluding hydrogens is 677 g/mol. The zero-order valence-electron chi connectivity index (χ0n) is 30.8. The molecular formula is C54H38N2. The summed E-state index contributed by atoms with van der Waals surface area (Å²) in [7, 11) is 0. The van der Waals surface area contributed by atoms with Gasteiger partial charge in [-0.25, -0.2) is 0 Å². The molecule has 9 aromatic carbocycles. The van der Waals surface area contributed by atoms with Crippen molar-refractivity contribution in [1.82, 2.24) is 4.57 Å². The fourth-order valence-corrected chi connectivity index (χ4v) is 7.98. The summed E-state index contributed by atoms with van der Waals surface area (Å²) in [5.74, 6) is 0. The molecule has 1 aromatic heterocycles. The molecule has 1 heterocycles. The van der Waals surface area contributed by atoms with E-state index in [-0.39, 0.29) is 0 Å². The summed E-state index contributed by atoms with van der Waals surface area (Å²) in [5, 5.41) is 2.52. The van der Waals surface area contributed by atoms with Crippen molar-refractivity contribution in [2.45, 2.75) is 0 Å². The lowest BCUT2D eigenvalue weighted by Crippen LogP contribution is -2.09. The molecule has 0 radical (unpaired) electrons. The van der Waals surface area contributed by atoms with Gasteiger partial charge in [0.1, 0.15) is 0 Å². The van der Waals surface area contributed by atoms with Crippen LogP contribution in [0.5, 0.6) is 0 Å². The molecule has 0 amide bonds. The molecule has 264 valence electrons. The Bertz CT molecular complexity index is 2810. The third-order valence-corrected chi connectivity index (χ3v) is 10.8. The van der Waals surface area contributed by atoms with Gasteiger partial charge in [-0.1, -0.05) is 164 Å². The van der Waals surface area contributed by atoms with Crippen LogP contribution >= 0.6 is 0 Å². The maximum atomic E-state index is 2.39. The quantitative estimate of drug-likeness (QED) is 0.152. The molecule has 0 saturated heterocycles. The van der Waals surface area contributed by atoms with Gasteiger partial charge in [0, 0.05) is 33.5 Å². The summed E-state index contributed by atoms with van der Waals surface area (Å²) in [5.41, 5.74) is 16.5. The Labute approximate surface area is 327 Å². The molecule has 0 aliphatic heterocycles. The van der Waals surface area contributed by atoms with Gasteiger partial charge in [-0.2, -0.15) is 0 Å². The van der Waals surface area contributed by atoms with Gasteiger partial charge in [0.25, 0.3) is 0 Å². The fourth-order valence-electron chi connectivity index (χ4n) is 7.98. The number of anilines is 3. The number of hydrogen-bond donors (Lipinski definition) is 0. The zero-order chi connectivity index (χ0) is 37.3. The van der Waals surface area contributed by atoms with Gasteiger partial charge in [-0.05, 0) is 111 Å². The topological polar surface area (TPSA) is 8.17 Å². The van der Waals surface area contributed by atoms with E-state index in [0.717, 1.165) is 22.7 Å². The van der Waals surface area contributed by atoms with Crippen LogP contribution in [0.15, 0.2) is 231 Å². The Morgan fingerprint density at radius 1 is 0.250 bits per heavy atom. The van der Waals surface area contributed by atoms with Crippen LogP contribution in [0.4, 0.5) is 17.1 Å². The fraction of sp³-hybridized carbons (Fsp3) is 0. The van der Waals surface area contributed by atoms with E-state index in [2.05, 4.69) is 240 Å². The monoisotopic (exact) mass is 714 g/mol. The molecule has 0 saturated carbocycles. The van der Waals surface area contributed by atoms with Crippen molar-refractivity contribution in [3.63, 3.8) is 0 Å². The minimum atomic E-state index is 1.10. The van der Waals surface area contributed by atoms with E-state index in [1.807, 2.05) is 0 Å². The molecule has 0 fully saturated rings. The second-order valence-electron chi connectivity index (χ2n) is 14.2. The Morgan fingerprint density at radius 3 is 1.05 bits per heavy atom. The Balaban J connectivity index is 0.979. The molecule has 0 bridgehead atoms. The molecule has 10 rings (SSSR count). The summed E-state index contributed by atoms with van der Waals surface area (Å²) >= 11 is 0. The van der Waals surface area contributed by atoms with Gasteiger partial charge < -0.3 is 9.47 Å². The first-order chi connectivity index (χ1) is 27.8. The van der Waals surface area contributed by atoms with Crippen molar-refractivity contribution >= 4 is 38.9 Å². The molecule has 0 atom stereocenters. The molecule has 56 heavy (non-hydrogen) atoms. The van der Waals surface area contributed by atoms with E-state index in [0.29, 0.717) is 0 Å². The first-order valence-electron chi connectivity index (χ1n) is 19.2. The first kappa shape index (κ1) is 33.2. The number of nitrogens with zero attached hydrogens (tertiary/aromatic N) is 2. The van der Waals surface area contributed by atoms with Crippen LogP contribution in [0.3, 0.4) is 0 Å². The van der Waals surface area contributed by atoms with Crippen LogP contribution in [-0.4, -0.2) is 4.57 Å². The smallest absolute Gasteiger partial charge is 0.0541 e. The Morgan fingerprint density at radius 2 is 0.589 bits per heavy atom. The number of rotatable bonds is 8. The van der Waals surface area contributed by atoms with E-state index < -0.39 is 0 Å². The van der Waals surface area contributed by atoms with Crippen molar-refractivity contribution in [3.05, 3.63) is 231 Å². The average molecular weight is 715 g/mol. The number of hydrogen-bond acceptors (Lipinski definition) is 1. The summed E-state index contributed by atoms with van der Waals surface area (Å²) in [6, 6.07) is 82.9. The molecule has 0 aliphatic carbocycles. The van der Waals surface area contributed by atoms with E-state index in [9.17, 15) is 0 Å². The predicted octanol–water partition coefficient (Wildman–Crippen LogP) is 14.9. The van der Waals surface area contributed by atoms with Crippen molar-refractivity contribution in [2.24, 2.45) is 0 Å². The number of fused-ring (bicyclic) bond motifs is 3. The molecule has 2 nitrogen and oxygen atoms in total. The Kier molecular flexibility index (Phi) is 8.55. The third kappa shape index (κ3) is 6.24. The van der Waals surface area contributed by atoms with Gasteiger partial charge in [0.05, 0.1) is 11.0 Å². The molecule has 0 N–H and O–H groups in total. The van der Waals surface area contributed by atoms with Crippen molar-refractivity contribution in [3.8, 4) is 50.2 Å². The Hall–Kier alpha value is -7.42. The van der Waals surface area contributed by atoms with E-state index in [4.69, 9.17) is 0 Å². The maximum absolute atomic E-state index is 2.39. The highest BCUT2D eigenvalue weighted by Gasteiger charge is 2.16. The average Bonchev–Trinajstić information content (AvgIpc) is 3.62. The van der Waals surface area contributed by atoms with Crippen LogP contribution in [0, 0.1) is 0 Å². The predicted molar refractivity (Wildman–Crippen MR) is 237 cm³/mol. The molecule has 10 aromatic rings. The zero-order valence-corrected chi connectivity index (χ0v) is 30.8. The number of para-hydroxylation sites is 1. The second kappa shape index (κ2) is 14.4. The third-order valence-electron chi connectivity index (χ3n) is 10.8. The largest absolute Gasteiger partial charge is 0.311 e. The van der Waals surface area contributed by atoms with Crippen LogP contribution in [-0.2, 0) is 0 Å². The summed E-state index contributed by atoms with van der Waals surface area (Å²) in [6.07, 6.45) is 0. The SMILES string of the molecule is c1ccc(-c2ccc(N(c3ccc(-c4ccccc4)cc3)c3ccc(-c4ccc(-n5c6ccccc6c6cc(-c7ccccc7)ccc65)cc4)cc3)cc2)cc1. The number of aromatic nitrogens is 1. The maximum Gasteiger partial charge on any atom is 0.0541 e. The lowest BCUT2D eigenvalue weighted by atomic mass is 10.0. The van der Waals surface area contributed by atoms with Gasteiger partial charge in [0.2, 0.25) is 0 Å². The highest BCUT2D eigenvalue weighted by molar-refractivity contribution is 6.10. The van der Waals surface area contributed by atoms with Crippen molar-refractivity contribution in [1.29, 1.82) is 0 Å². The minimum Gasteiger partial charge on any atom is -0.311 e. The van der Waals surface area contributed by atoms with E-state index in [1.165, 1.54) is 66.3 Å². The molecule has 0 aliphatic rings. The standard InChI is InChI=1S/C54H38N2/c1-4-12-39(13-5-1)42-20-29-47(30-21-42)55(48-31-22-43(23-32-48)40-14-6-2-7-15-40)49-33-24-44(25-34-49)45-26-35-50(36-27-45)56-53-19-11-10-18-51(53)52-38-46(28-37-54(52)56)41-16-8-3-9-17-41/h1-38H. The van der Waals surface area contributed by atoms with E-state index in [1.54, 1.807) is 0 Å². The van der Waals surface area contributed by atoms with Crippen LogP contribution < -0.4 is 4.90 Å². The minimum absolute atomic E-state index is 1.10. The second-order valence-corrected chi connectivity index (χ2v) is 14.2. The molecule has 2 heteroatoms.